The molecule has 1 aliphatic rings. The second-order valence-corrected chi connectivity index (χ2v) is 5.40. The van der Waals surface area contributed by atoms with Crippen LogP contribution in [0.1, 0.15) is 20.3 Å². The van der Waals surface area contributed by atoms with Crippen molar-refractivity contribution in [3.63, 3.8) is 0 Å². The number of morpholine rings is 1. The van der Waals surface area contributed by atoms with Crippen LogP contribution >= 0.6 is 0 Å². The first kappa shape index (κ1) is 16.2. The molecule has 0 spiro atoms. The van der Waals surface area contributed by atoms with Crippen LogP contribution in [0.15, 0.2) is 4.99 Å². The minimum atomic E-state index is -0.264. The van der Waals surface area contributed by atoms with E-state index in [9.17, 15) is 0 Å². The Balaban J connectivity index is 2.09. The molecule has 0 bridgehead atoms. The van der Waals surface area contributed by atoms with Gasteiger partial charge in [0.1, 0.15) is 0 Å². The molecule has 0 saturated carbocycles. The second kappa shape index (κ2) is 8.35. The molecule has 0 aliphatic carbocycles. The van der Waals surface area contributed by atoms with Crippen molar-refractivity contribution in [2.45, 2.75) is 25.9 Å². The molecule has 19 heavy (non-hydrogen) atoms. The van der Waals surface area contributed by atoms with Gasteiger partial charge in [0.2, 0.25) is 0 Å². The first-order chi connectivity index (χ1) is 9.03. The summed E-state index contributed by atoms with van der Waals surface area (Å²) in [6.07, 6.45) is 1.06. The molecule has 1 aliphatic heterocycles. The number of hydrogen-bond acceptors (Lipinski definition) is 4. The lowest BCUT2D eigenvalue weighted by molar-refractivity contribution is 0.0311. The van der Waals surface area contributed by atoms with Crippen molar-refractivity contribution in [2.24, 2.45) is 10.7 Å². The maximum Gasteiger partial charge on any atom is 0.188 e. The molecule has 1 heterocycles. The molecule has 6 heteroatoms. The minimum absolute atomic E-state index is 0.264. The summed E-state index contributed by atoms with van der Waals surface area (Å²) >= 11 is 0. The summed E-state index contributed by atoms with van der Waals surface area (Å²) in [5.74, 6) is 0.493. The molecule has 0 aromatic heterocycles. The second-order valence-electron chi connectivity index (χ2n) is 5.40. The number of guanidine groups is 1. The zero-order valence-electron chi connectivity index (χ0n) is 12.4. The number of ether oxygens (including phenoxy) is 2. The van der Waals surface area contributed by atoms with Gasteiger partial charge in [-0.25, -0.2) is 0 Å². The lowest BCUT2D eigenvalue weighted by Gasteiger charge is -2.26. The normalized spacial score (nSPS) is 18.6. The van der Waals surface area contributed by atoms with Gasteiger partial charge in [-0.3, -0.25) is 9.89 Å². The first-order valence-corrected chi connectivity index (χ1v) is 6.92. The van der Waals surface area contributed by atoms with Crippen LogP contribution in [0.5, 0.6) is 0 Å². The molecule has 3 N–H and O–H groups in total. The maximum atomic E-state index is 5.80. The molecule has 0 unspecified atom stereocenters. The molecule has 1 saturated heterocycles. The molecule has 0 radical (unpaired) electrons. The van der Waals surface area contributed by atoms with Crippen molar-refractivity contribution in [1.29, 1.82) is 0 Å². The van der Waals surface area contributed by atoms with Gasteiger partial charge in [-0.2, -0.15) is 0 Å². The lowest BCUT2D eigenvalue weighted by atomic mass is 10.1. The van der Waals surface area contributed by atoms with E-state index in [2.05, 4.69) is 15.2 Å². The fourth-order valence-electron chi connectivity index (χ4n) is 1.74. The summed E-state index contributed by atoms with van der Waals surface area (Å²) in [6, 6.07) is 0. The molecule has 0 aromatic carbocycles. The van der Waals surface area contributed by atoms with Crippen LogP contribution in [-0.2, 0) is 9.47 Å². The van der Waals surface area contributed by atoms with Gasteiger partial charge in [-0.15, -0.1) is 0 Å². The van der Waals surface area contributed by atoms with E-state index in [-0.39, 0.29) is 5.60 Å². The van der Waals surface area contributed by atoms with E-state index in [1.54, 1.807) is 7.11 Å². The van der Waals surface area contributed by atoms with Gasteiger partial charge >= 0.3 is 0 Å². The van der Waals surface area contributed by atoms with E-state index < -0.39 is 0 Å². The van der Waals surface area contributed by atoms with Crippen LogP contribution in [-0.4, -0.2) is 69.5 Å². The van der Waals surface area contributed by atoms with Gasteiger partial charge in [0.25, 0.3) is 0 Å². The van der Waals surface area contributed by atoms with E-state index in [4.69, 9.17) is 15.2 Å². The van der Waals surface area contributed by atoms with Crippen molar-refractivity contribution < 1.29 is 9.47 Å². The largest absolute Gasteiger partial charge is 0.379 e. The first-order valence-electron chi connectivity index (χ1n) is 6.92. The fraction of sp³-hybridized carbons (Fsp3) is 0.923. The smallest absolute Gasteiger partial charge is 0.188 e. The van der Waals surface area contributed by atoms with Gasteiger partial charge in [0.15, 0.2) is 5.96 Å². The van der Waals surface area contributed by atoms with Gasteiger partial charge < -0.3 is 20.5 Å². The van der Waals surface area contributed by atoms with Crippen LogP contribution in [0.3, 0.4) is 0 Å². The average Bonchev–Trinajstić information content (AvgIpc) is 2.43. The summed E-state index contributed by atoms with van der Waals surface area (Å²) in [4.78, 5) is 6.68. The third-order valence-corrected chi connectivity index (χ3v) is 3.24. The number of hydrogen-bond donors (Lipinski definition) is 2. The van der Waals surface area contributed by atoms with Crippen LogP contribution in [0.4, 0.5) is 0 Å². The highest BCUT2D eigenvalue weighted by Gasteiger charge is 2.15. The zero-order chi connectivity index (χ0) is 14.1. The fourth-order valence-corrected chi connectivity index (χ4v) is 1.74. The van der Waals surface area contributed by atoms with E-state index in [0.717, 1.165) is 45.8 Å². The van der Waals surface area contributed by atoms with Crippen molar-refractivity contribution in [2.75, 3.05) is 53.0 Å². The Morgan fingerprint density at radius 2 is 2.11 bits per heavy atom. The van der Waals surface area contributed by atoms with Crippen molar-refractivity contribution in [3.05, 3.63) is 0 Å². The summed E-state index contributed by atoms with van der Waals surface area (Å²) in [5, 5.41) is 3.13. The van der Waals surface area contributed by atoms with Crippen LogP contribution < -0.4 is 11.1 Å². The summed E-state index contributed by atoms with van der Waals surface area (Å²) in [6.45, 7) is 10.2. The number of rotatable bonds is 7. The summed E-state index contributed by atoms with van der Waals surface area (Å²) in [7, 11) is 1.68. The van der Waals surface area contributed by atoms with Gasteiger partial charge in [0, 0.05) is 26.7 Å². The summed E-state index contributed by atoms with van der Waals surface area (Å²) in [5.41, 5.74) is 5.54. The highest BCUT2D eigenvalue weighted by Crippen LogP contribution is 2.06. The standard InChI is InChI=1S/C13H28N4O2/c1-13(2,18-3)11-16-12(14)15-5-4-6-17-7-9-19-10-8-17/h4-11H2,1-3H3,(H3,14,15,16). The third kappa shape index (κ3) is 7.34. The number of aliphatic imine (C=N–C) groups is 1. The Morgan fingerprint density at radius 1 is 1.42 bits per heavy atom. The number of nitrogens with zero attached hydrogens (tertiary/aromatic N) is 2. The predicted molar refractivity (Wildman–Crippen MR) is 77.5 cm³/mol. The topological polar surface area (TPSA) is 72.1 Å². The molecule has 112 valence electrons. The molecule has 6 nitrogen and oxygen atoms in total. The minimum Gasteiger partial charge on any atom is -0.379 e. The van der Waals surface area contributed by atoms with Crippen molar-refractivity contribution in [3.8, 4) is 0 Å². The quantitative estimate of drug-likeness (QED) is 0.389. The summed E-state index contributed by atoms with van der Waals surface area (Å²) < 4.78 is 10.6. The highest BCUT2D eigenvalue weighted by atomic mass is 16.5. The predicted octanol–water partition coefficient (Wildman–Crippen LogP) is 0.0380. The molecule has 0 amide bonds. The van der Waals surface area contributed by atoms with Crippen molar-refractivity contribution in [1.82, 2.24) is 10.2 Å². The van der Waals surface area contributed by atoms with E-state index in [0.29, 0.717) is 12.5 Å². The lowest BCUT2D eigenvalue weighted by Crippen LogP contribution is -2.39. The third-order valence-electron chi connectivity index (χ3n) is 3.24. The van der Waals surface area contributed by atoms with Crippen molar-refractivity contribution >= 4 is 5.96 Å². The van der Waals surface area contributed by atoms with E-state index in [1.807, 2.05) is 13.8 Å². The average molecular weight is 272 g/mol. The van der Waals surface area contributed by atoms with Gasteiger partial charge in [-0.05, 0) is 26.8 Å². The SMILES string of the molecule is COC(C)(C)CN=C(N)NCCCN1CCOCC1. The van der Waals surface area contributed by atoms with E-state index in [1.165, 1.54) is 0 Å². The zero-order valence-corrected chi connectivity index (χ0v) is 12.4. The highest BCUT2D eigenvalue weighted by molar-refractivity contribution is 5.77. The number of methoxy groups -OCH3 is 1. The Bertz CT molecular complexity index is 276. The molecular formula is C13H28N4O2. The Kier molecular flexibility index (Phi) is 7.12. The number of nitrogens with two attached hydrogens (primary N) is 1. The maximum absolute atomic E-state index is 5.80. The Hall–Kier alpha value is -0.850. The Labute approximate surface area is 116 Å². The molecule has 1 fully saturated rings. The van der Waals surface area contributed by atoms with E-state index >= 15 is 0 Å². The Morgan fingerprint density at radius 3 is 2.74 bits per heavy atom. The van der Waals surface area contributed by atoms with Crippen LogP contribution in [0, 0.1) is 0 Å². The molecule has 1 rings (SSSR count). The van der Waals surface area contributed by atoms with Gasteiger partial charge in [-0.1, -0.05) is 0 Å². The van der Waals surface area contributed by atoms with Gasteiger partial charge in [0.05, 0.1) is 25.4 Å². The van der Waals surface area contributed by atoms with Crippen LogP contribution in [0.2, 0.25) is 0 Å². The number of nitrogens with one attached hydrogen (secondary N) is 1. The monoisotopic (exact) mass is 272 g/mol. The van der Waals surface area contributed by atoms with Crippen LogP contribution in [0.25, 0.3) is 0 Å². The molecular weight excluding hydrogens is 244 g/mol. The molecule has 0 atom stereocenters. The molecule has 0 aromatic rings.